The molecular formula is C16H24O7. The molecule has 4 N–H and O–H groups in total. The standard InChI is InChI=1S/C16H24O7/c1-7(2)15(20)10-13(19)23-12(15)11(22-4)14(3)8(6-17)5-9(18)16(10,14)21/h5,7,9-12,17-18,20-21H,6H2,1-4H3. The van der Waals surface area contributed by atoms with Gasteiger partial charge in [0.05, 0.1) is 12.0 Å². The van der Waals surface area contributed by atoms with Gasteiger partial charge in [0.25, 0.3) is 0 Å². The normalized spacial score (nSPS) is 51.7. The lowest BCUT2D eigenvalue weighted by atomic mass is 9.50. The molecule has 2 bridgehead atoms. The maximum Gasteiger partial charge on any atom is 0.315 e. The van der Waals surface area contributed by atoms with E-state index >= 15 is 0 Å². The molecule has 23 heavy (non-hydrogen) atoms. The van der Waals surface area contributed by atoms with E-state index in [9.17, 15) is 25.2 Å². The molecule has 7 unspecified atom stereocenters. The average molecular weight is 328 g/mol. The van der Waals surface area contributed by atoms with Crippen molar-refractivity contribution in [3.63, 3.8) is 0 Å². The molecule has 0 aromatic heterocycles. The predicted molar refractivity (Wildman–Crippen MR) is 78.2 cm³/mol. The van der Waals surface area contributed by atoms with Crippen LogP contribution in [0.1, 0.15) is 20.8 Å². The van der Waals surface area contributed by atoms with E-state index in [0.717, 1.165) is 0 Å². The van der Waals surface area contributed by atoms with Gasteiger partial charge in [-0.1, -0.05) is 26.8 Å². The third-order valence-corrected chi connectivity index (χ3v) is 6.34. The Morgan fingerprint density at radius 1 is 1.39 bits per heavy atom. The van der Waals surface area contributed by atoms with Gasteiger partial charge in [0, 0.05) is 7.11 Å². The molecule has 1 heterocycles. The van der Waals surface area contributed by atoms with Crippen molar-refractivity contribution in [1.82, 2.24) is 0 Å². The summed E-state index contributed by atoms with van der Waals surface area (Å²) in [6.07, 6.45) is -1.97. The summed E-state index contributed by atoms with van der Waals surface area (Å²) in [5, 5.41) is 42.9. The minimum Gasteiger partial charge on any atom is -0.456 e. The Kier molecular flexibility index (Phi) is 3.49. The van der Waals surface area contributed by atoms with Gasteiger partial charge in [0.15, 0.2) is 6.10 Å². The molecule has 3 rings (SSSR count). The quantitative estimate of drug-likeness (QED) is 0.387. The van der Waals surface area contributed by atoms with Crippen molar-refractivity contribution in [2.75, 3.05) is 13.7 Å². The van der Waals surface area contributed by atoms with Crippen molar-refractivity contribution in [3.8, 4) is 0 Å². The van der Waals surface area contributed by atoms with E-state index in [1.165, 1.54) is 13.2 Å². The molecule has 7 heteroatoms. The van der Waals surface area contributed by atoms with Gasteiger partial charge in [-0.25, -0.2) is 0 Å². The Morgan fingerprint density at radius 3 is 2.48 bits per heavy atom. The van der Waals surface area contributed by atoms with Gasteiger partial charge < -0.3 is 29.9 Å². The van der Waals surface area contributed by atoms with Crippen LogP contribution in [0.4, 0.5) is 0 Å². The minimum absolute atomic E-state index is 0.374. The molecule has 1 saturated heterocycles. The first-order valence-corrected chi connectivity index (χ1v) is 7.79. The lowest BCUT2D eigenvalue weighted by Crippen LogP contribution is -2.76. The number of hydrogen-bond acceptors (Lipinski definition) is 7. The van der Waals surface area contributed by atoms with Crippen LogP contribution in [0.5, 0.6) is 0 Å². The topological polar surface area (TPSA) is 116 Å². The highest BCUT2D eigenvalue weighted by Crippen LogP contribution is 2.65. The number of fused-ring (bicyclic) bond motifs is 4. The number of rotatable bonds is 3. The molecule has 0 amide bonds. The summed E-state index contributed by atoms with van der Waals surface area (Å²) in [5.41, 5.74) is -4.57. The smallest absolute Gasteiger partial charge is 0.315 e. The summed E-state index contributed by atoms with van der Waals surface area (Å²) in [4.78, 5) is 12.5. The van der Waals surface area contributed by atoms with Crippen molar-refractivity contribution < 1.29 is 34.7 Å². The highest BCUT2D eigenvalue weighted by Gasteiger charge is 2.81. The lowest BCUT2D eigenvalue weighted by Gasteiger charge is -2.58. The van der Waals surface area contributed by atoms with Gasteiger partial charge in [-0.05, 0) is 11.5 Å². The van der Waals surface area contributed by atoms with Crippen LogP contribution >= 0.6 is 0 Å². The Bertz CT molecular complexity index is 573. The Morgan fingerprint density at radius 2 is 2.00 bits per heavy atom. The fraction of sp³-hybridized carbons (Fsp3) is 0.812. The summed E-state index contributed by atoms with van der Waals surface area (Å²) in [6.45, 7) is 4.68. The first-order chi connectivity index (χ1) is 10.6. The maximum absolute atomic E-state index is 12.5. The van der Waals surface area contributed by atoms with E-state index in [0.29, 0.717) is 5.57 Å². The van der Waals surface area contributed by atoms with Crippen LogP contribution in [-0.2, 0) is 14.3 Å². The summed E-state index contributed by atoms with van der Waals surface area (Å²) in [5.74, 6) is -2.50. The largest absolute Gasteiger partial charge is 0.456 e. The zero-order valence-electron chi connectivity index (χ0n) is 13.7. The number of hydrogen-bond donors (Lipinski definition) is 4. The fourth-order valence-corrected chi connectivity index (χ4v) is 4.95. The molecule has 0 aromatic rings. The number of carbonyl (C=O) groups is 1. The van der Waals surface area contributed by atoms with E-state index in [1.807, 2.05) is 0 Å². The zero-order chi connectivity index (χ0) is 17.4. The van der Waals surface area contributed by atoms with Gasteiger partial charge in [-0.3, -0.25) is 4.79 Å². The van der Waals surface area contributed by atoms with Crippen LogP contribution in [0.25, 0.3) is 0 Å². The monoisotopic (exact) mass is 328 g/mol. The van der Waals surface area contributed by atoms with Gasteiger partial charge in [-0.2, -0.15) is 0 Å². The van der Waals surface area contributed by atoms with E-state index < -0.39 is 59.3 Å². The summed E-state index contributed by atoms with van der Waals surface area (Å²) < 4.78 is 10.9. The van der Waals surface area contributed by atoms with E-state index in [1.54, 1.807) is 20.8 Å². The number of aliphatic hydroxyl groups is 4. The van der Waals surface area contributed by atoms with Crippen LogP contribution in [0.15, 0.2) is 11.6 Å². The highest BCUT2D eigenvalue weighted by molar-refractivity contribution is 5.81. The minimum atomic E-state index is -2.02. The average Bonchev–Trinajstić information content (AvgIpc) is 2.82. The molecule has 3 aliphatic rings. The molecule has 130 valence electrons. The molecule has 7 nitrogen and oxygen atoms in total. The molecule has 0 aromatic carbocycles. The van der Waals surface area contributed by atoms with Crippen LogP contribution in [0, 0.1) is 17.3 Å². The fourth-order valence-electron chi connectivity index (χ4n) is 4.95. The van der Waals surface area contributed by atoms with Gasteiger partial charge in [-0.15, -0.1) is 0 Å². The number of aliphatic hydroxyl groups excluding tert-OH is 2. The number of ether oxygens (including phenoxy) is 2. The lowest BCUT2D eigenvalue weighted by molar-refractivity contribution is -0.276. The van der Waals surface area contributed by atoms with Gasteiger partial charge >= 0.3 is 5.97 Å². The second kappa shape index (κ2) is 4.77. The number of carbonyl (C=O) groups excluding carboxylic acids is 1. The SMILES string of the molecule is COC1C2OC(=O)C(C2(O)C(C)C)C2(O)C(O)C=C(CO)C12C. The van der Waals surface area contributed by atoms with Crippen molar-refractivity contribution in [2.24, 2.45) is 17.3 Å². The van der Waals surface area contributed by atoms with Crippen molar-refractivity contribution in [1.29, 1.82) is 0 Å². The van der Waals surface area contributed by atoms with E-state index in [-0.39, 0.29) is 0 Å². The Balaban J connectivity index is 2.29. The second-order valence-corrected chi connectivity index (χ2v) is 7.31. The Hall–Kier alpha value is -0.990. The molecule has 0 radical (unpaired) electrons. The summed E-state index contributed by atoms with van der Waals surface area (Å²) in [6, 6.07) is 0. The zero-order valence-corrected chi connectivity index (χ0v) is 13.7. The third kappa shape index (κ3) is 1.55. The van der Waals surface area contributed by atoms with Crippen molar-refractivity contribution in [3.05, 3.63) is 11.6 Å². The molecule has 0 spiro atoms. The molecule has 1 saturated carbocycles. The number of esters is 1. The van der Waals surface area contributed by atoms with Crippen LogP contribution in [-0.4, -0.2) is 69.6 Å². The number of methoxy groups -OCH3 is 1. The van der Waals surface area contributed by atoms with Crippen LogP contribution in [0.2, 0.25) is 0 Å². The van der Waals surface area contributed by atoms with Crippen LogP contribution in [0.3, 0.4) is 0 Å². The molecule has 2 fully saturated rings. The predicted octanol–water partition coefficient (Wildman–Crippen LogP) is -1.03. The maximum atomic E-state index is 12.5. The first-order valence-electron chi connectivity index (χ1n) is 7.79. The summed E-state index contributed by atoms with van der Waals surface area (Å²) >= 11 is 0. The molecule has 1 aliphatic heterocycles. The van der Waals surface area contributed by atoms with E-state index in [2.05, 4.69) is 0 Å². The highest BCUT2D eigenvalue weighted by atomic mass is 16.6. The van der Waals surface area contributed by atoms with Crippen LogP contribution < -0.4 is 0 Å². The van der Waals surface area contributed by atoms with Crippen molar-refractivity contribution in [2.45, 2.75) is 50.3 Å². The Labute approximate surface area is 134 Å². The molecule has 7 atom stereocenters. The third-order valence-electron chi connectivity index (χ3n) is 6.34. The summed E-state index contributed by atoms with van der Waals surface area (Å²) in [7, 11) is 1.39. The second-order valence-electron chi connectivity index (χ2n) is 7.31. The van der Waals surface area contributed by atoms with Gasteiger partial charge in [0.1, 0.15) is 29.3 Å². The first kappa shape index (κ1) is 16.9. The van der Waals surface area contributed by atoms with Gasteiger partial charge in [0.2, 0.25) is 0 Å². The molecule has 2 aliphatic carbocycles. The van der Waals surface area contributed by atoms with Crippen molar-refractivity contribution >= 4 is 5.97 Å². The molecular weight excluding hydrogens is 304 g/mol. The van der Waals surface area contributed by atoms with E-state index in [4.69, 9.17) is 9.47 Å².